The molecule has 0 aliphatic heterocycles. The predicted molar refractivity (Wildman–Crippen MR) is 83.2 cm³/mol. The summed E-state index contributed by atoms with van der Waals surface area (Å²) >= 11 is 0. The maximum Gasteiger partial charge on any atom is 0.389 e. The Hall–Kier alpha value is -2.31. The summed E-state index contributed by atoms with van der Waals surface area (Å²) in [6.07, 6.45) is -6.00. The van der Waals surface area contributed by atoms with Gasteiger partial charge in [0.25, 0.3) is 0 Å². The van der Waals surface area contributed by atoms with Gasteiger partial charge >= 0.3 is 6.18 Å². The summed E-state index contributed by atoms with van der Waals surface area (Å²) in [5.74, 6) is 0.109. The van der Waals surface area contributed by atoms with Gasteiger partial charge in [-0.05, 0) is 17.7 Å². The van der Waals surface area contributed by atoms with Gasteiger partial charge in [0, 0.05) is 32.4 Å². The molecule has 1 amide bonds. The van der Waals surface area contributed by atoms with Gasteiger partial charge in [0.1, 0.15) is 5.82 Å². The molecule has 124 valence electrons. The van der Waals surface area contributed by atoms with Crippen molar-refractivity contribution < 1.29 is 18.0 Å². The molecule has 4 nitrogen and oxygen atoms in total. The van der Waals surface area contributed by atoms with Crippen LogP contribution in [0.2, 0.25) is 0 Å². The lowest BCUT2D eigenvalue weighted by Gasteiger charge is -2.15. The van der Waals surface area contributed by atoms with E-state index in [2.05, 4.69) is 10.3 Å². The Bertz CT molecular complexity index is 699. The Kier molecular flexibility index (Phi) is 5.08. The van der Waals surface area contributed by atoms with Crippen molar-refractivity contribution in [2.75, 3.05) is 19.0 Å². The highest BCUT2D eigenvalue weighted by atomic mass is 19.4. The zero-order valence-corrected chi connectivity index (χ0v) is 12.9. The topological polar surface area (TPSA) is 45.2 Å². The molecule has 0 saturated carbocycles. The first-order chi connectivity index (χ1) is 10.8. The van der Waals surface area contributed by atoms with Crippen LogP contribution in [0.1, 0.15) is 18.4 Å². The number of hydrogen-bond acceptors (Lipinski definition) is 3. The van der Waals surface area contributed by atoms with Gasteiger partial charge in [-0.15, -0.1) is 0 Å². The van der Waals surface area contributed by atoms with E-state index in [4.69, 9.17) is 0 Å². The number of aromatic nitrogens is 1. The molecule has 0 bridgehead atoms. The van der Waals surface area contributed by atoms with Crippen LogP contribution in [-0.2, 0) is 11.3 Å². The molecule has 1 aromatic heterocycles. The van der Waals surface area contributed by atoms with Gasteiger partial charge in [0.2, 0.25) is 5.91 Å². The van der Waals surface area contributed by atoms with Crippen molar-refractivity contribution in [1.82, 2.24) is 10.3 Å². The zero-order valence-electron chi connectivity index (χ0n) is 12.9. The Morgan fingerprint density at radius 1 is 1.26 bits per heavy atom. The molecule has 0 fully saturated rings. The normalized spacial score (nSPS) is 11.5. The lowest BCUT2D eigenvalue weighted by molar-refractivity contribution is -0.144. The second-order valence-corrected chi connectivity index (χ2v) is 5.44. The third-order valence-electron chi connectivity index (χ3n) is 3.36. The minimum Gasteiger partial charge on any atom is -0.363 e. The number of hydrogen-bond donors (Lipinski definition) is 1. The summed E-state index contributed by atoms with van der Waals surface area (Å²) in [5.41, 5.74) is 1.60. The molecule has 1 aromatic carbocycles. The highest BCUT2D eigenvalue weighted by Gasteiger charge is 2.27. The molecule has 0 spiro atoms. The first-order valence-corrected chi connectivity index (χ1v) is 7.16. The summed E-state index contributed by atoms with van der Waals surface area (Å²) in [5, 5.41) is 3.41. The molecule has 0 aliphatic rings. The maximum atomic E-state index is 12.1. The van der Waals surface area contributed by atoms with Crippen molar-refractivity contribution in [3.8, 4) is 0 Å². The van der Waals surface area contributed by atoms with Crippen LogP contribution >= 0.6 is 0 Å². The number of halogens is 3. The fourth-order valence-corrected chi connectivity index (χ4v) is 2.14. The van der Waals surface area contributed by atoms with Crippen LogP contribution in [0.15, 0.2) is 30.3 Å². The quantitative estimate of drug-likeness (QED) is 0.918. The number of pyridine rings is 1. The van der Waals surface area contributed by atoms with Crippen LogP contribution in [0.5, 0.6) is 0 Å². The lowest BCUT2D eigenvalue weighted by atomic mass is 10.1. The number of carbonyl (C=O) groups is 1. The van der Waals surface area contributed by atoms with E-state index in [0.717, 1.165) is 22.3 Å². The lowest BCUT2D eigenvalue weighted by Crippen LogP contribution is -2.25. The van der Waals surface area contributed by atoms with Crippen molar-refractivity contribution in [2.24, 2.45) is 0 Å². The number of alkyl halides is 3. The molecule has 1 N–H and O–H groups in total. The molecule has 7 heteroatoms. The Labute approximate surface area is 132 Å². The molecular weight excluding hydrogens is 307 g/mol. The van der Waals surface area contributed by atoms with E-state index in [-0.39, 0.29) is 6.54 Å². The first-order valence-electron chi connectivity index (χ1n) is 7.16. The van der Waals surface area contributed by atoms with E-state index in [1.165, 1.54) is 0 Å². The van der Waals surface area contributed by atoms with E-state index in [1.54, 1.807) is 0 Å². The number of fused-ring (bicyclic) bond motifs is 1. The third-order valence-corrected chi connectivity index (χ3v) is 3.36. The molecule has 0 saturated heterocycles. The molecule has 0 radical (unpaired) electrons. The van der Waals surface area contributed by atoms with Crippen LogP contribution in [0.25, 0.3) is 10.9 Å². The minimum atomic E-state index is -4.32. The van der Waals surface area contributed by atoms with Crippen LogP contribution in [0.3, 0.4) is 0 Å². The summed E-state index contributed by atoms with van der Waals surface area (Å²) in [4.78, 5) is 17.9. The molecule has 0 atom stereocenters. The van der Waals surface area contributed by atoms with Crippen molar-refractivity contribution >= 4 is 22.6 Å². The summed E-state index contributed by atoms with van der Waals surface area (Å²) in [7, 11) is 3.70. The Morgan fingerprint density at radius 3 is 2.61 bits per heavy atom. The van der Waals surface area contributed by atoms with Crippen molar-refractivity contribution in [1.29, 1.82) is 0 Å². The van der Waals surface area contributed by atoms with E-state index < -0.39 is 24.9 Å². The SMILES string of the molecule is CN(C)c1cc(CNC(=O)CCC(F)(F)F)c2ccccc2n1. The molecular formula is C16H18F3N3O. The minimum absolute atomic E-state index is 0.167. The van der Waals surface area contributed by atoms with Crippen molar-refractivity contribution in [2.45, 2.75) is 25.6 Å². The number of nitrogens with zero attached hydrogens (tertiary/aromatic N) is 2. The van der Waals surface area contributed by atoms with E-state index in [1.807, 2.05) is 49.3 Å². The van der Waals surface area contributed by atoms with Gasteiger partial charge in [-0.1, -0.05) is 18.2 Å². The number of para-hydroxylation sites is 1. The van der Waals surface area contributed by atoms with Gasteiger partial charge in [0.15, 0.2) is 0 Å². The van der Waals surface area contributed by atoms with Crippen molar-refractivity contribution in [3.63, 3.8) is 0 Å². The number of anilines is 1. The molecule has 1 heterocycles. The van der Waals surface area contributed by atoms with Crippen LogP contribution in [0, 0.1) is 0 Å². The second-order valence-electron chi connectivity index (χ2n) is 5.44. The number of rotatable bonds is 5. The summed E-state index contributed by atoms with van der Waals surface area (Å²) in [6.45, 7) is 0.167. The van der Waals surface area contributed by atoms with Crippen LogP contribution < -0.4 is 10.2 Å². The molecule has 23 heavy (non-hydrogen) atoms. The number of benzene rings is 1. The molecule has 2 rings (SSSR count). The number of nitrogens with one attached hydrogen (secondary N) is 1. The Balaban J connectivity index is 2.14. The summed E-state index contributed by atoms with van der Waals surface area (Å²) < 4.78 is 36.4. The van der Waals surface area contributed by atoms with Gasteiger partial charge in [-0.2, -0.15) is 13.2 Å². The monoisotopic (exact) mass is 325 g/mol. The first kappa shape index (κ1) is 17.1. The second kappa shape index (κ2) is 6.85. The number of carbonyl (C=O) groups excluding carboxylic acids is 1. The van der Waals surface area contributed by atoms with E-state index in [0.29, 0.717) is 0 Å². The van der Waals surface area contributed by atoms with Crippen molar-refractivity contribution in [3.05, 3.63) is 35.9 Å². The largest absolute Gasteiger partial charge is 0.389 e. The smallest absolute Gasteiger partial charge is 0.363 e. The molecule has 2 aromatic rings. The standard InChI is InChI=1S/C16H18F3N3O/c1-22(2)14-9-11(12-5-3-4-6-13(12)21-14)10-20-15(23)7-8-16(17,18)19/h3-6,9H,7-8,10H2,1-2H3,(H,20,23). The third kappa shape index (κ3) is 4.84. The average Bonchev–Trinajstić information content (AvgIpc) is 2.49. The molecule has 0 aliphatic carbocycles. The zero-order chi connectivity index (χ0) is 17.0. The van der Waals surface area contributed by atoms with Gasteiger partial charge in [0.05, 0.1) is 11.9 Å². The average molecular weight is 325 g/mol. The predicted octanol–water partition coefficient (Wildman–Crippen LogP) is 3.26. The van der Waals surface area contributed by atoms with Gasteiger partial charge in [-0.3, -0.25) is 4.79 Å². The van der Waals surface area contributed by atoms with E-state index in [9.17, 15) is 18.0 Å². The van der Waals surface area contributed by atoms with Crippen LogP contribution in [-0.4, -0.2) is 31.2 Å². The summed E-state index contributed by atoms with van der Waals surface area (Å²) in [6, 6.07) is 9.28. The maximum absolute atomic E-state index is 12.1. The number of amides is 1. The van der Waals surface area contributed by atoms with Crippen LogP contribution in [0.4, 0.5) is 19.0 Å². The van der Waals surface area contributed by atoms with Gasteiger partial charge < -0.3 is 10.2 Å². The highest BCUT2D eigenvalue weighted by molar-refractivity contribution is 5.85. The van der Waals surface area contributed by atoms with Gasteiger partial charge in [-0.25, -0.2) is 4.98 Å². The fraction of sp³-hybridized carbons (Fsp3) is 0.375. The molecule has 0 unspecified atom stereocenters. The Morgan fingerprint density at radius 2 is 1.96 bits per heavy atom. The van der Waals surface area contributed by atoms with E-state index >= 15 is 0 Å². The highest BCUT2D eigenvalue weighted by Crippen LogP contribution is 2.23. The fourth-order valence-electron chi connectivity index (χ4n) is 2.14.